The molecule has 0 aromatic carbocycles. The van der Waals surface area contributed by atoms with Gasteiger partial charge in [-0.3, -0.25) is 4.68 Å². The van der Waals surface area contributed by atoms with Crippen molar-refractivity contribution in [3.63, 3.8) is 0 Å². The largest absolute Gasteiger partial charge is 0.368 e. The number of hydrogen-bond donors (Lipinski definition) is 1. The molecule has 0 aliphatic carbocycles. The summed E-state index contributed by atoms with van der Waals surface area (Å²) >= 11 is 0. The standard InChI is InChI=1S/C14H19N7/c1-9-12(10(2)20(4)17-9)7-8-15-13-5-6-14-16-11(3)18-21(14)19-13/h5-6H,7-8H2,1-4H3,(H,15,19). The Balaban J connectivity index is 1.68. The smallest absolute Gasteiger partial charge is 0.176 e. The summed E-state index contributed by atoms with van der Waals surface area (Å²) in [7, 11) is 1.97. The molecular weight excluding hydrogens is 266 g/mol. The van der Waals surface area contributed by atoms with E-state index in [1.807, 2.05) is 37.7 Å². The molecule has 0 aliphatic heterocycles. The Morgan fingerprint density at radius 2 is 1.90 bits per heavy atom. The highest BCUT2D eigenvalue weighted by atomic mass is 15.5. The number of fused-ring (bicyclic) bond motifs is 1. The van der Waals surface area contributed by atoms with Crippen molar-refractivity contribution in [2.45, 2.75) is 27.2 Å². The molecule has 21 heavy (non-hydrogen) atoms. The molecule has 0 bridgehead atoms. The number of rotatable bonds is 4. The van der Waals surface area contributed by atoms with Crippen molar-refractivity contribution in [2.24, 2.45) is 7.05 Å². The van der Waals surface area contributed by atoms with Gasteiger partial charge < -0.3 is 5.32 Å². The zero-order valence-corrected chi connectivity index (χ0v) is 12.8. The van der Waals surface area contributed by atoms with Crippen LogP contribution in [0.1, 0.15) is 22.8 Å². The molecule has 1 N–H and O–H groups in total. The van der Waals surface area contributed by atoms with Crippen molar-refractivity contribution in [1.29, 1.82) is 0 Å². The lowest BCUT2D eigenvalue weighted by atomic mass is 10.1. The molecule has 0 fully saturated rings. The molecule has 7 heteroatoms. The first-order chi connectivity index (χ1) is 10.0. The number of hydrogen-bond acceptors (Lipinski definition) is 5. The molecule has 3 aromatic rings. The average molecular weight is 285 g/mol. The molecule has 0 saturated carbocycles. The molecule has 3 rings (SSSR count). The van der Waals surface area contributed by atoms with Crippen LogP contribution in [-0.2, 0) is 13.5 Å². The molecule has 0 saturated heterocycles. The maximum atomic E-state index is 4.43. The molecule has 0 spiro atoms. The average Bonchev–Trinajstić information content (AvgIpc) is 2.91. The van der Waals surface area contributed by atoms with Gasteiger partial charge in [-0.1, -0.05) is 0 Å². The van der Waals surface area contributed by atoms with Gasteiger partial charge in [-0.15, -0.1) is 14.8 Å². The first kappa shape index (κ1) is 13.5. The van der Waals surface area contributed by atoms with E-state index < -0.39 is 0 Å². The normalized spacial score (nSPS) is 11.2. The molecule has 7 nitrogen and oxygen atoms in total. The van der Waals surface area contributed by atoms with Crippen LogP contribution in [0.15, 0.2) is 12.1 Å². The minimum absolute atomic E-state index is 0.723. The Morgan fingerprint density at radius 1 is 1.10 bits per heavy atom. The van der Waals surface area contributed by atoms with Crippen LogP contribution in [0.5, 0.6) is 0 Å². The Labute approximate surface area is 123 Å². The van der Waals surface area contributed by atoms with Crippen LogP contribution in [0.4, 0.5) is 5.82 Å². The van der Waals surface area contributed by atoms with Crippen LogP contribution in [0, 0.1) is 20.8 Å². The topological polar surface area (TPSA) is 72.9 Å². The summed E-state index contributed by atoms with van der Waals surface area (Å²) in [4.78, 5) is 4.26. The van der Waals surface area contributed by atoms with E-state index in [-0.39, 0.29) is 0 Å². The van der Waals surface area contributed by atoms with E-state index in [1.165, 1.54) is 11.3 Å². The van der Waals surface area contributed by atoms with Crippen LogP contribution in [0.2, 0.25) is 0 Å². The summed E-state index contributed by atoms with van der Waals surface area (Å²) in [5.41, 5.74) is 4.36. The third kappa shape index (κ3) is 2.58. The summed E-state index contributed by atoms with van der Waals surface area (Å²) in [6.45, 7) is 6.80. The van der Waals surface area contributed by atoms with E-state index in [1.54, 1.807) is 4.63 Å². The number of nitrogens with one attached hydrogen (secondary N) is 1. The second-order valence-electron chi connectivity index (χ2n) is 5.17. The molecule has 0 aliphatic rings. The Hall–Kier alpha value is -2.44. The van der Waals surface area contributed by atoms with Crippen LogP contribution >= 0.6 is 0 Å². The fourth-order valence-electron chi connectivity index (χ4n) is 2.48. The predicted molar refractivity (Wildman–Crippen MR) is 80.4 cm³/mol. The summed E-state index contributed by atoms with van der Waals surface area (Å²) < 4.78 is 3.48. The molecular formula is C14H19N7. The molecule has 3 heterocycles. The van der Waals surface area contributed by atoms with Gasteiger partial charge in [0.05, 0.1) is 5.69 Å². The quantitative estimate of drug-likeness (QED) is 0.785. The van der Waals surface area contributed by atoms with Crippen molar-refractivity contribution >= 4 is 11.5 Å². The second-order valence-corrected chi connectivity index (χ2v) is 5.17. The van der Waals surface area contributed by atoms with E-state index in [2.05, 4.69) is 32.5 Å². The van der Waals surface area contributed by atoms with Crippen molar-refractivity contribution < 1.29 is 0 Å². The number of aryl methyl sites for hydroxylation is 3. The summed E-state index contributed by atoms with van der Waals surface area (Å²) in [6.07, 6.45) is 0.918. The molecule has 0 amide bonds. The van der Waals surface area contributed by atoms with E-state index in [0.29, 0.717) is 0 Å². The number of nitrogens with zero attached hydrogens (tertiary/aromatic N) is 6. The third-order valence-electron chi connectivity index (χ3n) is 3.65. The summed E-state index contributed by atoms with van der Waals surface area (Å²) in [6, 6.07) is 3.84. The van der Waals surface area contributed by atoms with Crippen LogP contribution in [0.3, 0.4) is 0 Å². The minimum Gasteiger partial charge on any atom is -0.368 e. The van der Waals surface area contributed by atoms with Crippen LogP contribution in [0.25, 0.3) is 5.65 Å². The molecule has 110 valence electrons. The van der Waals surface area contributed by atoms with Gasteiger partial charge in [0.25, 0.3) is 0 Å². The molecule has 0 unspecified atom stereocenters. The van der Waals surface area contributed by atoms with Gasteiger partial charge in [-0.05, 0) is 44.9 Å². The highest BCUT2D eigenvalue weighted by Crippen LogP contribution is 2.13. The van der Waals surface area contributed by atoms with Crippen molar-refractivity contribution in [1.82, 2.24) is 29.6 Å². The molecule has 3 aromatic heterocycles. The van der Waals surface area contributed by atoms with Gasteiger partial charge in [0.2, 0.25) is 0 Å². The lowest BCUT2D eigenvalue weighted by molar-refractivity contribution is 0.730. The summed E-state index contributed by atoms with van der Waals surface area (Å²) in [5.74, 6) is 1.52. The Bertz CT molecular complexity index is 784. The second kappa shape index (κ2) is 5.16. The highest BCUT2D eigenvalue weighted by Gasteiger charge is 2.09. The van der Waals surface area contributed by atoms with Gasteiger partial charge in [-0.2, -0.15) is 5.10 Å². The van der Waals surface area contributed by atoms with Gasteiger partial charge >= 0.3 is 0 Å². The molecule has 0 atom stereocenters. The van der Waals surface area contributed by atoms with Gasteiger partial charge in [0.15, 0.2) is 5.65 Å². The van der Waals surface area contributed by atoms with Crippen LogP contribution < -0.4 is 5.32 Å². The maximum absolute atomic E-state index is 4.43. The molecule has 0 radical (unpaired) electrons. The van der Waals surface area contributed by atoms with E-state index in [9.17, 15) is 0 Å². The summed E-state index contributed by atoms with van der Waals surface area (Å²) in [5, 5.41) is 16.4. The minimum atomic E-state index is 0.723. The van der Waals surface area contributed by atoms with E-state index >= 15 is 0 Å². The highest BCUT2D eigenvalue weighted by molar-refractivity contribution is 5.43. The van der Waals surface area contributed by atoms with Crippen molar-refractivity contribution in [3.05, 3.63) is 34.9 Å². The monoisotopic (exact) mass is 285 g/mol. The number of aromatic nitrogens is 6. The van der Waals surface area contributed by atoms with Gasteiger partial charge in [0, 0.05) is 19.3 Å². The Kier molecular flexibility index (Phi) is 3.32. The van der Waals surface area contributed by atoms with Crippen molar-refractivity contribution in [3.8, 4) is 0 Å². The van der Waals surface area contributed by atoms with Gasteiger partial charge in [0.1, 0.15) is 11.6 Å². The zero-order chi connectivity index (χ0) is 15.0. The number of anilines is 1. The lowest BCUT2D eigenvalue weighted by Gasteiger charge is -2.06. The fraction of sp³-hybridized carbons (Fsp3) is 0.429. The maximum Gasteiger partial charge on any atom is 0.176 e. The first-order valence-electron chi connectivity index (χ1n) is 6.98. The Morgan fingerprint density at radius 3 is 2.62 bits per heavy atom. The van der Waals surface area contributed by atoms with Crippen LogP contribution in [-0.4, -0.2) is 36.1 Å². The fourth-order valence-corrected chi connectivity index (χ4v) is 2.48. The third-order valence-corrected chi connectivity index (χ3v) is 3.65. The van der Waals surface area contributed by atoms with E-state index in [0.717, 1.165) is 35.9 Å². The van der Waals surface area contributed by atoms with Crippen molar-refractivity contribution in [2.75, 3.05) is 11.9 Å². The van der Waals surface area contributed by atoms with Gasteiger partial charge in [-0.25, -0.2) is 4.98 Å². The SMILES string of the molecule is Cc1nc2ccc(NCCc3c(C)nn(C)c3C)nn2n1. The zero-order valence-electron chi connectivity index (χ0n) is 12.8. The lowest BCUT2D eigenvalue weighted by Crippen LogP contribution is -2.09. The van der Waals surface area contributed by atoms with E-state index in [4.69, 9.17) is 0 Å². The first-order valence-corrected chi connectivity index (χ1v) is 6.98. The predicted octanol–water partition coefficient (Wildman–Crippen LogP) is 1.44.